The first-order valence-corrected chi connectivity index (χ1v) is 8.40. The van der Waals surface area contributed by atoms with Crippen LogP contribution in [0.4, 0.5) is 0 Å². The lowest BCUT2D eigenvalue weighted by molar-refractivity contribution is -0.121. The number of thioether (sulfide) groups is 1. The van der Waals surface area contributed by atoms with Gasteiger partial charge in [-0.3, -0.25) is 9.69 Å². The molecule has 1 aliphatic heterocycles. The number of carbonyl (C=O) groups is 1. The SMILES string of the molecule is C=CCN1C(=O)/C(=C\c2ccc(O[C@H](C)CC)cc2)SC1=S. The molecule has 3 nitrogen and oxygen atoms in total. The number of hydrogen-bond acceptors (Lipinski definition) is 4. The van der Waals surface area contributed by atoms with E-state index >= 15 is 0 Å². The Morgan fingerprint density at radius 2 is 2.09 bits per heavy atom. The first-order valence-electron chi connectivity index (χ1n) is 7.18. The smallest absolute Gasteiger partial charge is 0.266 e. The number of amides is 1. The van der Waals surface area contributed by atoms with Gasteiger partial charge in [0.2, 0.25) is 0 Å². The monoisotopic (exact) mass is 333 g/mol. The van der Waals surface area contributed by atoms with Crippen LogP contribution in [0.5, 0.6) is 5.75 Å². The zero-order valence-corrected chi connectivity index (χ0v) is 14.4. The molecule has 1 heterocycles. The van der Waals surface area contributed by atoms with Gasteiger partial charge in [0.05, 0.1) is 11.0 Å². The lowest BCUT2D eigenvalue weighted by atomic mass is 10.2. The molecule has 1 fully saturated rings. The van der Waals surface area contributed by atoms with E-state index in [1.54, 1.807) is 11.0 Å². The van der Waals surface area contributed by atoms with E-state index in [0.29, 0.717) is 15.8 Å². The molecule has 0 radical (unpaired) electrons. The molecule has 0 spiro atoms. The van der Waals surface area contributed by atoms with E-state index < -0.39 is 0 Å². The molecule has 0 unspecified atom stereocenters. The summed E-state index contributed by atoms with van der Waals surface area (Å²) in [6, 6.07) is 7.72. The van der Waals surface area contributed by atoms with E-state index in [1.165, 1.54) is 11.8 Å². The van der Waals surface area contributed by atoms with Gasteiger partial charge in [0.25, 0.3) is 5.91 Å². The fourth-order valence-corrected chi connectivity index (χ4v) is 3.17. The average molecular weight is 333 g/mol. The van der Waals surface area contributed by atoms with Crippen LogP contribution in [0.25, 0.3) is 6.08 Å². The Bertz CT molecular complexity index is 608. The van der Waals surface area contributed by atoms with Crippen LogP contribution >= 0.6 is 24.0 Å². The number of hydrogen-bond donors (Lipinski definition) is 0. The van der Waals surface area contributed by atoms with E-state index in [2.05, 4.69) is 13.5 Å². The Morgan fingerprint density at radius 1 is 1.41 bits per heavy atom. The maximum atomic E-state index is 12.2. The van der Waals surface area contributed by atoms with Crippen LogP contribution < -0.4 is 4.74 Å². The van der Waals surface area contributed by atoms with Crippen LogP contribution in [-0.2, 0) is 4.79 Å². The normalized spacial score (nSPS) is 17.9. The minimum atomic E-state index is -0.0603. The molecule has 1 saturated heterocycles. The molecule has 0 saturated carbocycles. The molecule has 22 heavy (non-hydrogen) atoms. The summed E-state index contributed by atoms with van der Waals surface area (Å²) in [6.07, 6.45) is 4.69. The van der Waals surface area contributed by atoms with Crippen LogP contribution in [-0.4, -0.2) is 27.8 Å². The lowest BCUT2D eigenvalue weighted by Gasteiger charge is -2.12. The van der Waals surface area contributed by atoms with Gasteiger partial charge in [-0.25, -0.2) is 0 Å². The third-order valence-corrected chi connectivity index (χ3v) is 4.65. The number of nitrogens with zero attached hydrogens (tertiary/aromatic N) is 1. The topological polar surface area (TPSA) is 29.5 Å². The minimum absolute atomic E-state index is 0.0603. The largest absolute Gasteiger partial charge is 0.491 e. The van der Waals surface area contributed by atoms with Crippen LogP contribution in [0, 0.1) is 0 Å². The number of rotatable bonds is 6. The number of thiocarbonyl (C=S) groups is 1. The molecule has 1 aliphatic rings. The molecule has 5 heteroatoms. The Kier molecular flexibility index (Phi) is 5.80. The molecular formula is C17H19NO2S2. The van der Waals surface area contributed by atoms with Crippen molar-refractivity contribution in [1.82, 2.24) is 4.90 Å². The second-order valence-electron chi connectivity index (χ2n) is 4.99. The molecule has 1 aromatic rings. The molecule has 1 atom stereocenters. The average Bonchev–Trinajstić information content (AvgIpc) is 2.77. The summed E-state index contributed by atoms with van der Waals surface area (Å²) < 4.78 is 6.32. The lowest BCUT2D eigenvalue weighted by Crippen LogP contribution is -2.27. The zero-order chi connectivity index (χ0) is 16.1. The Balaban J connectivity index is 2.11. The van der Waals surface area contributed by atoms with Crippen molar-refractivity contribution < 1.29 is 9.53 Å². The number of benzene rings is 1. The molecule has 1 amide bonds. The van der Waals surface area contributed by atoms with Crippen molar-refractivity contribution in [3.05, 3.63) is 47.4 Å². The Morgan fingerprint density at radius 3 is 2.68 bits per heavy atom. The quantitative estimate of drug-likeness (QED) is 0.442. The second-order valence-corrected chi connectivity index (χ2v) is 6.66. The fraction of sp³-hybridized carbons (Fsp3) is 0.294. The maximum Gasteiger partial charge on any atom is 0.266 e. The van der Waals surface area contributed by atoms with Gasteiger partial charge < -0.3 is 4.74 Å². The fourth-order valence-electron chi connectivity index (χ4n) is 1.90. The summed E-state index contributed by atoms with van der Waals surface area (Å²) in [5, 5.41) is 0. The molecular weight excluding hydrogens is 314 g/mol. The van der Waals surface area contributed by atoms with Gasteiger partial charge in [0.15, 0.2) is 0 Å². The summed E-state index contributed by atoms with van der Waals surface area (Å²) in [4.78, 5) is 14.4. The van der Waals surface area contributed by atoms with Gasteiger partial charge in [-0.05, 0) is 37.1 Å². The Hall–Kier alpha value is -1.59. The highest BCUT2D eigenvalue weighted by Crippen LogP contribution is 2.32. The number of ether oxygens (including phenoxy) is 1. The summed E-state index contributed by atoms with van der Waals surface area (Å²) >= 11 is 6.54. The van der Waals surface area contributed by atoms with E-state index in [-0.39, 0.29) is 12.0 Å². The first kappa shape index (κ1) is 16.8. The molecule has 0 bridgehead atoms. The van der Waals surface area contributed by atoms with Gasteiger partial charge in [0, 0.05) is 6.54 Å². The van der Waals surface area contributed by atoms with Crippen molar-refractivity contribution in [3.8, 4) is 5.75 Å². The first-order chi connectivity index (χ1) is 10.5. The van der Waals surface area contributed by atoms with E-state index in [0.717, 1.165) is 17.7 Å². The highest BCUT2D eigenvalue weighted by Gasteiger charge is 2.30. The van der Waals surface area contributed by atoms with Gasteiger partial charge in [-0.1, -0.05) is 49.1 Å². The molecule has 0 N–H and O–H groups in total. The van der Waals surface area contributed by atoms with Crippen LogP contribution in [0.15, 0.2) is 41.8 Å². The summed E-state index contributed by atoms with van der Waals surface area (Å²) in [6.45, 7) is 8.22. The van der Waals surface area contributed by atoms with Crippen LogP contribution in [0.2, 0.25) is 0 Å². The third-order valence-electron chi connectivity index (χ3n) is 3.28. The van der Waals surface area contributed by atoms with Crippen LogP contribution in [0.3, 0.4) is 0 Å². The highest BCUT2D eigenvalue weighted by molar-refractivity contribution is 8.26. The second kappa shape index (κ2) is 7.61. The van der Waals surface area contributed by atoms with Gasteiger partial charge in [-0.15, -0.1) is 6.58 Å². The van der Waals surface area contributed by atoms with Crippen molar-refractivity contribution >= 4 is 40.3 Å². The number of carbonyl (C=O) groups excluding carboxylic acids is 1. The Labute approximate surface area is 141 Å². The molecule has 0 aromatic heterocycles. The van der Waals surface area contributed by atoms with Gasteiger partial charge in [-0.2, -0.15) is 0 Å². The predicted octanol–water partition coefficient (Wildman–Crippen LogP) is 4.25. The van der Waals surface area contributed by atoms with Crippen molar-refractivity contribution in [2.75, 3.05) is 6.54 Å². The highest BCUT2D eigenvalue weighted by atomic mass is 32.2. The van der Waals surface area contributed by atoms with E-state index in [9.17, 15) is 4.79 Å². The standard InChI is InChI=1S/C17H19NO2S2/c1-4-10-18-16(19)15(22-17(18)21)11-13-6-8-14(9-7-13)20-12(3)5-2/h4,6-9,11-12H,1,5,10H2,2-3H3/b15-11+/t12-/m1/s1. The minimum Gasteiger partial charge on any atom is -0.491 e. The van der Waals surface area contributed by atoms with Crippen molar-refractivity contribution in [2.45, 2.75) is 26.4 Å². The van der Waals surface area contributed by atoms with Crippen molar-refractivity contribution in [2.24, 2.45) is 0 Å². The van der Waals surface area contributed by atoms with Crippen LogP contribution in [0.1, 0.15) is 25.8 Å². The van der Waals surface area contributed by atoms with Crippen molar-refractivity contribution in [1.29, 1.82) is 0 Å². The summed E-state index contributed by atoms with van der Waals surface area (Å²) in [5.41, 5.74) is 0.954. The van der Waals surface area contributed by atoms with E-state index in [4.69, 9.17) is 17.0 Å². The molecule has 1 aromatic carbocycles. The predicted molar refractivity (Wildman–Crippen MR) is 96.9 cm³/mol. The summed E-state index contributed by atoms with van der Waals surface area (Å²) in [7, 11) is 0. The van der Waals surface area contributed by atoms with Gasteiger partial charge in [0.1, 0.15) is 10.1 Å². The zero-order valence-electron chi connectivity index (χ0n) is 12.7. The molecule has 0 aliphatic carbocycles. The third kappa shape index (κ3) is 3.99. The van der Waals surface area contributed by atoms with Gasteiger partial charge >= 0.3 is 0 Å². The molecule has 2 rings (SSSR count). The summed E-state index contributed by atoms with van der Waals surface area (Å²) in [5.74, 6) is 0.778. The van der Waals surface area contributed by atoms with E-state index in [1.807, 2.05) is 37.3 Å². The maximum absolute atomic E-state index is 12.2. The van der Waals surface area contributed by atoms with Crippen molar-refractivity contribution in [3.63, 3.8) is 0 Å². The molecule has 116 valence electrons.